The Labute approximate surface area is 72.3 Å². The van der Waals surface area contributed by atoms with Crippen LogP contribution in [0, 0.1) is 16.7 Å². The summed E-state index contributed by atoms with van der Waals surface area (Å²) in [4.78, 5) is 0. The summed E-state index contributed by atoms with van der Waals surface area (Å²) in [6.07, 6.45) is 3.19. The molecule has 2 saturated heterocycles. The number of hydrogen-bond acceptors (Lipinski definition) is 3. The molecule has 12 heavy (non-hydrogen) atoms. The van der Waals surface area contributed by atoms with E-state index in [1.165, 1.54) is 0 Å². The molecule has 2 atom stereocenters. The fourth-order valence-corrected chi connectivity index (χ4v) is 1.77. The molecule has 0 unspecified atom stereocenters. The molecule has 2 aliphatic heterocycles. The predicted molar refractivity (Wildman–Crippen MR) is 42.5 cm³/mol. The van der Waals surface area contributed by atoms with E-state index in [9.17, 15) is 0 Å². The Morgan fingerprint density at radius 3 is 2.92 bits per heavy atom. The van der Waals surface area contributed by atoms with Gasteiger partial charge in [-0.25, -0.2) is 0 Å². The lowest BCUT2D eigenvalue weighted by atomic mass is 9.80. The minimum absolute atomic E-state index is 0.237. The van der Waals surface area contributed by atoms with Gasteiger partial charge >= 0.3 is 0 Å². The van der Waals surface area contributed by atoms with Crippen LogP contribution in [-0.4, -0.2) is 25.9 Å². The maximum atomic E-state index is 9.03. The molecular weight excluding hydrogens is 154 g/mol. The molecule has 0 aromatic rings. The minimum Gasteiger partial charge on any atom is -0.380 e. The molecule has 0 spiro atoms. The average molecular weight is 167 g/mol. The van der Waals surface area contributed by atoms with Crippen molar-refractivity contribution in [3.05, 3.63) is 0 Å². The van der Waals surface area contributed by atoms with Crippen LogP contribution < -0.4 is 0 Å². The van der Waals surface area contributed by atoms with E-state index in [-0.39, 0.29) is 5.41 Å². The third-order valence-corrected chi connectivity index (χ3v) is 2.58. The lowest BCUT2D eigenvalue weighted by Gasteiger charge is -2.29. The van der Waals surface area contributed by atoms with E-state index < -0.39 is 0 Å². The molecule has 3 heteroatoms. The monoisotopic (exact) mass is 167 g/mol. The van der Waals surface area contributed by atoms with Crippen molar-refractivity contribution >= 4 is 0 Å². The first kappa shape index (κ1) is 8.03. The Morgan fingerprint density at radius 1 is 1.58 bits per heavy atom. The zero-order valence-corrected chi connectivity index (χ0v) is 7.08. The second kappa shape index (κ2) is 3.04. The number of nitriles is 1. The van der Waals surface area contributed by atoms with Gasteiger partial charge in [0.2, 0.25) is 0 Å². The number of hydrogen-bond donors (Lipinski definition) is 0. The van der Waals surface area contributed by atoms with E-state index in [1.54, 1.807) is 0 Å². The standard InChI is InChI=1S/C9H13NO2/c10-6-9(4-8-5-12-8)2-1-3-11-7-9/h8H,1-5,7H2/t8-,9+/m1/s1. The van der Waals surface area contributed by atoms with Crippen molar-refractivity contribution in [3.63, 3.8) is 0 Å². The van der Waals surface area contributed by atoms with Crippen LogP contribution in [0.15, 0.2) is 0 Å². The van der Waals surface area contributed by atoms with Crippen molar-refractivity contribution in [2.24, 2.45) is 5.41 Å². The molecule has 66 valence electrons. The van der Waals surface area contributed by atoms with Crippen LogP contribution in [0.2, 0.25) is 0 Å². The summed E-state index contributed by atoms with van der Waals surface area (Å²) >= 11 is 0. The Balaban J connectivity index is 1.96. The van der Waals surface area contributed by atoms with Gasteiger partial charge in [0.1, 0.15) is 0 Å². The highest BCUT2D eigenvalue weighted by molar-refractivity contribution is 5.03. The van der Waals surface area contributed by atoms with Crippen LogP contribution >= 0.6 is 0 Å². The maximum absolute atomic E-state index is 9.03. The van der Waals surface area contributed by atoms with Crippen LogP contribution in [0.25, 0.3) is 0 Å². The van der Waals surface area contributed by atoms with E-state index in [4.69, 9.17) is 14.7 Å². The van der Waals surface area contributed by atoms with Crippen molar-refractivity contribution in [2.75, 3.05) is 19.8 Å². The van der Waals surface area contributed by atoms with Crippen LogP contribution in [0.1, 0.15) is 19.3 Å². The highest BCUT2D eigenvalue weighted by atomic mass is 16.6. The third-order valence-electron chi connectivity index (χ3n) is 2.58. The topological polar surface area (TPSA) is 45.5 Å². The Kier molecular flexibility index (Phi) is 2.03. The Morgan fingerprint density at radius 2 is 2.42 bits per heavy atom. The number of epoxide rings is 1. The summed E-state index contributed by atoms with van der Waals surface area (Å²) in [6.45, 7) is 2.25. The van der Waals surface area contributed by atoms with Gasteiger partial charge in [0, 0.05) is 6.61 Å². The van der Waals surface area contributed by atoms with E-state index in [0.717, 1.165) is 32.5 Å². The van der Waals surface area contributed by atoms with Crippen molar-refractivity contribution < 1.29 is 9.47 Å². The SMILES string of the molecule is N#C[C@@]1(C[C@@H]2CO2)CCCOC1. The second-order valence-electron chi connectivity index (χ2n) is 3.71. The quantitative estimate of drug-likeness (QED) is 0.578. The zero-order chi connectivity index (χ0) is 8.44. The van der Waals surface area contributed by atoms with Crippen molar-refractivity contribution in [3.8, 4) is 6.07 Å². The molecule has 0 N–H and O–H groups in total. The number of nitrogens with zero attached hydrogens (tertiary/aromatic N) is 1. The number of ether oxygens (including phenoxy) is 2. The largest absolute Gasteiger partial charge is 0.380 e. The van der Waals surface area contributed by atoms with Crippen LogP contribution in [-0.2, 0) is 9.47 Å². The predicted octanol–water partition coefficient (Wildman–Crippen LogP) is 1.10. The van der Waals surface area contributed by atoms with E-state index in [2.05, 4.69) is 6.07 Å². The van der Waals surface area contributed by atoms with E-state index in [0.29, 0.717) is 12.7 Å². The molecular formula is C9H13NO2. The molecule has 2 heterocycles. The van der Waals surface area contributed by atoms with Gasteiger partial charge in [-0.15, -0.1) is 0 Å². The molecule has 0 saturated carbocycles. The lowest BCUT2D eigenvalue weighted by molar-refractivity contribution is 0.0147. The van der Waals surface area contributed by atoms with Gasteiger partial charge in [0.05, 0.1) is 30.8 Å². The molecule has 0 amide bonds. The van der Waals surface area contributed by atoms with Gasteiger partial charge in [0.25, 0.3) is 0 Å². The van der Waals surface area contributed by atoms with Gasteiger partial charge in [-0.2, -0.15) is 5.26 Å². The lowest BCUT2D eigenvalue weighted by Crippen LogP contribution is -2.31. The highest BCUT2D eigenvalue weighted by Gasteiger charge is 2.39. The third kappa shape index (κ3) is 1.60. The molecule has 0 aromatic carbocycles. The molecule has 0 aromatic heterocycles. The summed E-state index contributed by atoms with van der Waals surface area (Å²) in [5.74, 6) is 0. The fourth-order valence-electron chi connectivity index (χ4n) is 1.77. The minimum atomic E-state index is -0.237. The summed E-state index contributed by atoms with van der Waals surface area (Å²) in [6, 6.07) is 2.38. The van der Waals surface area contributed by atoms with Gasteiger partial charge in [-0.05, 0) is 19.3 Å². The number of rotatable bonds is 2. The molecule has 2 fully saturated rings. The first-order valence-corrected chi connectivity index (χ1v) is 4.45. The van der Waals surface area contributed by atoms with Crippen molar-refractivity contribution in [1.82, 2.24) is 0 Å². The first-order valence-electron chi connectivity index (χ1n) is 4.45. The molecule has 0 radical (unpaired) electrons. The molecule has 2 aliphatic rings. The smallest absolute Gasteiger partial charge is 0.0833 e. The molecule has 0 bridgehead atoms. The summed E-state index contributed by atoms with van der Waals surface area (Å²) in [5.41, 5.74) is -0.237. The Bertz CT molecular complexity index is 199. The summed E-state index contributed by atoms with van der Waals surface area (Å²) in [5, 5.41) is 9.03. The van der Waals surface area contributed by atoms with E-state index >= 15 is 0 Å². The zero-order valence-electron chi connectivity index (χ0n) is 7.08. The average Bonchev–Trinajstić information content (AvgIpc) is 2.90. The van der Waals surface area contributed by atoms with Gasteiger partial charge in [-0.1, -0.05) is 0 Å². The van der Waals surface area contributed by atoms with E-state index in [1.807, 2.05) is 0 Å². The van der Waals surface area contributed by atoms with Crippen LogP contribution in [0.3, 0.4) is 0 Å². The van der Waals surface area contributed by atoms with Gasteiger partial charge < -0.3 is 9.47 Å². The summed E-state index contributed by atoms with van der Waals surface area (Å²) in [7, 11) is 0. The van der Waals surface area contributed by atoms with Crippen molar-refractivity contribution in [1.29, 1.82) is 5.26 Å². The normalized spacial score (nSPS) is 40.4. The molecule has 0 aliphatic carbocycles. The Hall–Kier alpha value is -0.590. The first-order chi connectivity index (χ1) is 5.85. The van der Waals surface area contributed by atoms with Crippen molar-refractivity contribution in [2.45, 2.75) is 25.4 Å². The highest BCUT2D eigenvalue weighted by Crippen LogP contribution is 2.36. The molecule has 3 nitrogen and oxygen atoms in total. The van der Waals surface area contributed by atoms with Gasteiger partial charge in [-0.3, -0.25) is 0 Å². The van der Waals surface area contributed by atoms with Gasteiger partial charge in [0.15, 0.2) is 0 Å². The molecule has 2 rings (SSSR count). The van der Waals surface area contributed by atoms with Crippen LogP contribution in [0.5, 0.6) is 0 Å². The second-order valence-corrected chi connectivity index (χ2v) is 3.71. The maximum Gasteiger partial charge on any atom is 0.0833 e. The fraction of sp³-hybridized carbons (Fsp3) is 0.889. The van der Waals surface area contributed by atoms with Crippen LogP contribution in [0.4, 0.5) is 0 Å². The summed E-state index contributed by atoms with van der Waals surface area (Å²) < 4.78 is 10.5.